The summed E-state index contributed by atoms with van der Waals surface area (Å²) >= 11 is 0. The maximum Gasteiger partial charge on any atom is 0.220 e. The van der Waals surface area contributed by atoms with Crippen molar-refractivity contribution in [1.82, 2.24) is 5.32 Å². The topological polar surface area (TPSA) is 69.6 Å². The van der Waals surface area contributed by atoms with Crippen LogP contribution in [0.5, 0.6) is 0 Å². The van der Waals surface area contributed by atoms with Crippen LogP contribution >= 0.6 is 0 Å². The van der Waals surface area contributed by atoms with E-state index in [1.807, 2.05) is 6.08 Å². The zero-order valence-corrected chi connectivity index (χ0v) is 48.7. The highest BCUT2D eigenvalue weighted by Crippen LogP contribution is 2.18. The van der Waals surface area contributed by atoms with Crippen molar-refractivity contribution in [2.75, 3.05) is 6.61 Å². The van der Waals surface area contributed by atoms with Crippen molar-refractivity contribution >= 4 is 5.91 Å². The van der Waals surface area contributed by atoms with E-state index in [1.165, 1.54) is 276 Å². The SMILES string of the molecule is CC/C=C\C/C=C\C/C=C\C/C=C\CCCCCCCCCCCCCCCCCCC(=O)NC(CO)C(O)/C=C/CCCCCCCCCCCCCCCCCCCCCCCCCCCCCCC. The molecule has 0 aliphatic carbocycles. The van der Waals surface area contributed by atoms with Crippen LogP contribution in [0.25, 0.3) is 0 Å². The normalized spacial score (nSPS) is 13.1. The first kappa shape index (κ1) is 70.1. The van der Waals surface area contributed by atoms with E-state index in [1.54, 1.807) is 6.08 Å². The Bertz CT molecular complexity index is 1190. The highest BCUT2D eigenvalue weighted by molar-refractivity contribution is 5.76. The molecule has 4 heteroatoms. The van der Waals surface area contributed by atoms with Gasteiger partial charge in [0, 0.05) is 6.42 Å². The molecule has 0 radical (unpaired) electrons. The number of carbonyl (C=O) groups is 1. The quantitative estimate of drug-likeness (QED) is 0.0420. The number of hydrogen-bond acceptors (Lipinski definition) is 3. The van der Waals surface area contributed by atoms with Gasteiger partial charge in [-0.2, -0.15) is 0 Å². The molecule has 0 bridgehead atoms. The van der Waals surface area contributed by atoms with E-state index in [0.717, 1.165) is 51.4 Å². The smallest absolute Gasteiger partial charge is 0.220 e. The van der Waals surface area contributed by atoms with E-state index in [0.29, 0.717) is 6.42 Å². The van der Waals surface area contributed by atoms with Gasteiger partial charge in [0.1, 0.15) is 0 Å². The maximum atomic E-state index is 12.5. The third-order valence-electron chi connectivity index (χ3n) is 15.0. The van der Waals surface area contributed by atoms with E-state index < -0.39 is 12.1 Å². The molecule has 2 unspecified atom stereocenters. The molecular formula is C68H127NO3. The molecule has 0 aliphatic rings. The van der Waals surface area contributed by atoms with Crippen LogP contribution < -0.4 is 5.32 Å². The zero-order chi connectivity index (χ0) is 52.0. The minimum absolute atomic E-state index is 0.0601. The summed E-state index contributed by atoms with van der Waals surface area (Å²) in [6.45, 7) is 4.23. The Kier molecular flexibility index (Phi) is 61.7. The molecular weight excluding hydrogens is 879 g/mol. The van der Waals surface area contributed by atoms with Crippen LogP contribution in [0.15, 0.2) is 60.8 Å². The Morgan fingerprint density at radius 2 is 0.611 bits per heavy atom. The van der Waals surface area contributed by atoms with E-state index in [4.69, 9.17) is 0 Å². The summed E-state index contributed by atoms with van der Waals surface area (Å²) in [5.41, 5.74) is 0. The van der Waals surface area contributed by atoms with Gasteiger partial charge in [-0.25, -0.2) is 0 Å². The monoisotopic (exact) mass is 1010 g/mol. The molecule has 2 atom stereocenters. The van der Waals surface area contributed by atoms with Gasteiger partial charge in [0.25, 0.3) is 0 Å². The van der Waals surface area contributed by atoms with Crippen molar-refractivity contribution in [3.05, 3.63) is 60.8 Å². The summed E-state index contributed by atoms with van der Waals surface area (Å²) in [4.78, 5) is 12.5. The van der Waals surface area contributed by atoms with Crippen LogP contribution in [-0.4, -0.2) is 34.9 Å². The summed E-state index contributed by atoms with van der Waals surface area (Å²) in [5, 5.41) is 23.3. The van der Waals surface area contributed by atoms with Crippen LogP contribution in [0.4, 0.5) is 0 Å². The lowest BCUT2D eigenvalue weighted by atomic mass is 10.0. The van der Waals surface area contributed by atoms with Crippen LogP contribution in [0, 0.1) is 0 Å². The van der Waals surface area contributed by atoms with Gasteiger partial charge < -0.3 is 15.5 Å². The van der Waals surface area contributed by atoms with Gasteiger partial charge >= 0.3 is 0 Å². The lowest BCUT2D eigenvalue weighted by Gasteiger charge is -2.20. The van der Waals surface area contributed by atoms with Crippen LogP contribution in [0.3, 0.4) is 0 Å². The fourth-order valence-corrected chi connectivity index (χ4v) is 10.1. The van der Waals surface area contributed by atoms with Crippen LogP contribution in [0.2, 0.25) is 0 Å². The molecule has 0 rings (SSSR count). The van der Waals surface area contributed by atoms with E-state index >= 15 is 0 Å². The molecule has 72 heavy (non-hydrogen) atoms. The third-order valence-corrected chi connectivity index (χ3v) is 15.0. The Hall–Kier alpha value is -1.91. The first-order valence-corrected chi connectivity index (χ1v) is 32.5. The summed E-state index contributed by atoms with van der Waals surface area (Å²) in [7, 11) is 0. The van der Waals surface area contributed by atoms with Gasteiger partial charge in [0.05, 0.1) is 18.8 Å². The molecule has 3 N–H and O–H groups in total. The number of unbranched alkanes of at least 4 members (excludes halogenated alkanes) is 45. The first-order valence-electron chi connectivity index (χ1n) is 32.5. The second-order valence-corrected chi connectivity index (χ2v) is 22.2. The van der Waals surface area contributed by atoms with E-state index in [-0.39, 0.29) is 12.5 Å². The molecule has 0 saturated heterocycles. The molecule has 0 spiro atoms. The minimum atomic E-state index is -0.842. The number of amides is 1. The third kappa shape index (κ3) is 59.0. The molecule has 0 saturated carbocycles. The van der Waals surface area contributed by atoms with E-state index in [2.05, 4.69) is 67.8 Å². The summed E-state index contributed by atoms with van der Waals surface area (Å²) in [5.74, 6) is -0.0601. The zero-order valence-electron chi connectivity index (χ0n) is 48.7. The molecule has 0 fully saturated rings. The van der Waals surface area contributed by atoms with Gasteiger partial charge in [-0.05, 0) is 57.8 Å². The second kappa shape index (κ2) is 63.4. The van der Waals surface area contributed by atoms with E-state index in [9.17, 15) is 15.0 Å². The maximum absolute atomic E-state index is 12.5. The Labute approximate surface area is 451 Å². The minimum Gasteiger partial charge on any atom is -0.394 e. The molecule has 422 valence electrons. The average Bonchev–Trinajstić information content (AvgIpc) is 3.39. The second-order valence-electron chi connectivity index (χ2n) is 22.2. The summed E-state index contributed by atoms with van der Waals surface area (Å²) < 4.78 is 0. The number of rotatable bonds is 60. The van der Waals surface area contributed by atoms with Gasteiger partial charge in [-0.15, -0.1) is 0 Å². The van der Waals surface area contributed by atoms with Crippen molar-refractivity contribution in [2.24, 2.45) is 0 Å². The van der Waals surface area contributed by atoms with Gasteiger partial charge in [0.2, 0.25) is 5.91 Å². The van der Waals surface area contributed by atoms with Crippen molar-refractivity contribution in [1.29, 1.82) is 0 Å². The van der Waals surface area contributed by atoms with Crippen LogP contribution in [0.1, 0.15) is 348 Å². The van der Waals surface area contributed by atoms with Gasteiger partial charge in [0.15, 0.2) is 0 Å². The highest BCUT2D eigenvalue weighted by Gasteiger charge is 2.18. The Balaban J connectivity index is 3.45. The summed E-state index contributed by atoms with van der Waals surface area (Å²) in [6, 6.07) is -0.625. The predicted molar refractivity (Wildman–Crippen MR) is 322 cm³/mol. The van der Waals surface area contributed by atoms with Crippen molar-refractivity contribution in [2.45, 2.75) is 360 Å². The number of aliphatic hydroxyl groups is 2. The Morgan fingerprint density at radius 3 is 0.917 bits per heavy atom. The molecule has 0 aromatic rings. The largest absolute Gasteiger partial charge is 0.394 e. The van der Waals surface area contributed by atoms with Crippen molar-refractivity contribution in [3.63, 3.8) is 0 Å². The number of carbonyl (C=O) groups excluding carboxylic acids is 1. The molecule has 0 aromatic heterocycles. The predicted octanol–water partition coefficient (Wildman–Crippen LogP) is 21.9. The van der Waals surface area contributed by atoms with Crippen LogP contribution in [-0.2, 0) is 4.79 Å². The lowest BCUT2D eigenvalue weighted by Crippen LogP contribution is -2.45. The Morgan fingerprint density at radius 1 is 0.347 bits per heavy atom. The number of hydrogen-bond donors (Lipinski definition) is 3. The highest BCUT2D eigenvalue weighted by atomic mass is 16.3. The molecule has 1 amide bonds. The fraction of sp³-hybridized carbons (Fsp3) is 0.838. The molecule has 0 aliphatic heterocycles. The first-order chi connectivity index (χ1) is 35.7. The summed E-state index contributed by atoms with van der Waals surface area (Å²) in [6.07, 6.45) is 90.0. The molecule has 0 heterocycles. The number of nitrogens with one attached hydrogen (secondary N) is 1. The standard InChI is InChI=1S/C68H127NO3/c1-3-5-7-9-11-13-15-17-19-21-23-25-27-29-31-33-34-36-37-39-41-43-45-47-49-51-53-55-57-59-61-63-67(71)66(65-70)69-68(72)64-62-60-58-56-54-52-50-48-46-44-42-40-38-35-32-30-28-26-24-22-20-18-16-14-12-10-8-6-4-2/h6,8,12,14,18,20,24,26,61,63,66-67,70-71H,3-5,7,9-11,13,15-17,19,21-23,25,27-60,62,64-65H2,1-2H3,(H,69,72)/b8-6-,14-12-,20-18-,26-24-,63-61+. The lowest BCUT2D eigenvalue weighted by molar-refractivity contribution is -0.123. The molecule has 0 aromatic carbocycles. The van der Waals surface area contributed by atoms with Crippen molar-refractivity contribution in [3.8, 4) is 0 Å². The number of aliphatic hydroxyl groups excluding tert-OH is 2. The average molecular weight is 1010 g/mol. The molecule has 4 nitrogen and oxygen atoms in total. The number of allylic oxidation sites excluding steroid dienone is 9. The van der Waals surface area contributed by atoms with Gasteiger partial charge in [-0.3, -0.25) is 4.79 Å². The van der Waals surface area contributed by atoms with Crippen molar-refractivity contribution < 1.29 is 15.0 Å². The van der Waals surface area contributed by atoms with Gasteiger partial charge in [-0.1, -0.05) is 344 Å². The fourth-order valence-electron chi connectivity index (χ4n) is 10.1.